The van der Waals surface area contributed by atoms with Gasteiger partial charge in [-0.15, -0.1) is 0 Å². The second kappa shape index (κ2) is 7.46. The van der Waals surface area contributed by atoms with E-state index in [0.29, 0.717) is 11.0 Å². The zero-order valence-corrected chi connectivity index (χ0v) is 21.9. The highest BCUT2D eigenvalue weighted by molar-refractivity contribution is 7.90. The molecule has 0 spiro atoms. The molecule has 4 nitrogen and oxygen atoms in total. The minimum absolute atomic E-state index is 0.270. The maximum absolute atomic E-state index is 14.4. The summed E-state index contributed by atoms with van der Waals surface area (Å²) in [7, 11) is -3.91. The van der Waals surface area contributed by atoms with Crippen LogP contribution in [0.25, 0.3) is 54.5 Å². The fourth-order valence-electron chi connectivity index (χ4n) is 5.62. The smallest absolute Gasteiger partial charge is 0.268 e. The molecule has 0 N–H and O–H groups in total. The molecule has 5 heteroatoms. The third-order valence-electron chi connectivity index (χ3n) is 7.62. The Morgan fingerprint density at radius 2 is 1.32 bits per heavy atom. The van der Waals surface area contributed by atoms with Crippen LogP contribution in [0.1, 0.15) is 22.3 Å². The third kappa shape index (κ3) is 2.98. The van der Waals surface area contributed by atoms with Gasteiger partial charge in [0.2, 0.25) is 0 Å². The number of fused-ring (bicyclic) bond motifs is 10. The van der Waals surface area contributed by atoms with Crippen LogP contribution >= 0.6 is 0 Å². The van der Waals surface area contributed by atoms with Crippen LogP contribution in [0.15, 0.2) is 88.2 Å². The molecule has 0 amide bonds. The standard InChI is InChI=1S/C32H25NO3S/c1-18-9-12-22(13-10-18)37(34,35)33-27-14-11-19(2)15-26(27)29-30-23-7-5-6-8-28(23)36-32(30)25-17-21(4)20(3)16-24(25)31(29)33/h5-17H,1-4H3. The van der Waals surface area contributed by atoms with E-state index in [-0.39, 0.29) is 4.90 Å². The van der Waals surface area contributed by atoms with Crippen molar-refractivity contribution in [3.8, 4) is 0 Å². The van der Waals surface area contributed by atoms with Gasteiger partial charge >= 0.3 is 0 Å². The average molecular weight is 504 g/mol. The van der Waals surface area contributed by atoms with E-state index in [9.17, 15) is 8.42 Å². The SMILES string of the molecule is Cc1ccc(S(=O)(=O)n2c3ccc(C)cc3c3c4c5ccccc5oc4c4cc(C)c(C)cc4c32)cc1. The lowest BCUT2D eigenvalue weighted by Gasteiger charge is -2.13. The monoisotopic (exact) mass is 503 g/mol. The molecule has 2 aromatic heterocycles. The summed E-state index contributed by atoms with van der Waals surface area (Å²) in [6.07, 6.45) is 0. The van der Waals surface area contributed by atoms with Crippen LogP contribution in [0.4, 0.5) is 0 Å². The van der Waals surface area contributed by atoms with E-state index >= 15 is 0 Å². The molecule has 0 aliphatic heterocycles. The highest BCUT2D eigenvalue weighted by Crippen LogP contribution is 2.46. The molecule has 2 heterocycles. The van der Waals surface area contributed by atoms with Crippen molar-refractivity contribution in [2.24, 2.45) is 0 Å². The number of aryl methyl sites for hydroxylation is 4. The zero-order valence-electron chi connectivity index (χ0n) is 21.1. The first-order valence-electron chi connectivity index (χ1n) is 12.4. The van der Waals surface area contributed by atoms with Crippen molar-refractivity contribution >= 4 is 64.5 Å². The van der Waals surface area contributed by atoms with Gasteiger partial charge in [-0.1, -0.05) is 47.5 Å². The second-order valence-corrected chi connectivity index (χ2v) is 11.9. The first kappa shape index (κ1) is 22.1. The van der Waals surface area contributed by atoms with E-state index in [0.717, 1.165) is 65.7 Å². The number of furan rings is 1. The average Bonchev–Trinajstić information content (AvgIpc) is 3.42. The molecule has 7 rings (SSSR count). The molecule has 37 heavy (non-hydrogen) atoms. The van der Waals surface area contributed by atoms with Gasteiger partial charge in [0.25, 0.3) is 10.0 Å². The van der Waals surface area contributed by atoms with E-state index in [1.54, 1.807) is 16.1 Å². The van der Waals surface area contributed by atoms with Gasteiger partial charge in [0.05, 0.1) is 15.9 Å². The zero-order chi connectivity index (χ0) is 25.6. The van der Waals surface area contributed by atoms with Crippen LogP contribution in [0.5, 0.6) is 0 Å². The van der Waals surface area contributed by atoms with Gasteiger partial charge < -0.3 is 4.42 Å². The molecule has 0 saturated heterocycles. The van der Waals surface area contributed by atoms with Gasteiger partial charge in [0, 0.05) is 32.3 Å². The first-order valence-corrected chi connectivity index (χ1v) is 13.8. The molecular formula is C32H25NO3S. The summed E-state index contributed by atoms with van der Waals surface area (Å²) in [5.74, 6) is 0. The molecule has 0 aliphatic carbocycles. The third-order valence-corrected chi connectivity index (χ3v) is 9.35. The van der Waals surface area contributed by atoms with Gasteiger partial charge in [-0.05, 0) is 81.3 Å². The fourth-order valence-corrected chi connectivity index (χ4v) is 7.16. The number of benzene rings is 5. The highest BCUT2D eigenvalue weighted by Gasteiger charge is 2.28. The summed E-state index contributed by atoms with van der Waals surface area (Å²) in [6, 6.07) is 25.3. The van der Waals surface area contributed by atoms with E-state index in [1.807, 2.05) is 56.3 Å². The second-order valence-electron chi connectivity index (χ2n) is 10.1. The fraction of sp³-hybridized carbons (Fsp3) is 0.125. The largest absolute Gasteiger partial charge is 0.455 e. The Morgan fingerprint density at radius 3 is 2.08 bits per heavy atom. The summed E-state index contributed by atoms with van der Waals surface area (Å²) in [6.45, 7) is 8.14. The number of hydrogen-bond acceptors (Lipinski definition) is 3. The van der Waals surface area contributed by atoms with E-state index in [4.69, 9.17) is 4.42 Å². The summed E-state index contributed by atoms with van der Waals surface area (Å²) in [4.78, 5) is 0.270. The number of rotatable bonds is 2. The molecule has 0 bridgehead atoms. The summed E-state index contributed by atoms with van der Waals surface area (Å²) >= 11 is 0. The van der Waals surface area contributed by atoms with Crippen molar-refractivity contribution in [2.75, 3.05) is 0 Å². The number of hydrogen-bond donors (Lipinski definition) is 0. The lowest BCUT2D eigenvalue weighted by atomic mass is 9.96. The molecule has 5 aromatic carbocycles. The van der Waals surface area contributed by atoms with E-state index < -0.39 is 10.0 Å². The predicted octanol–water partition coefficient (Wildman–Crippen LogP) is 8.32. The topological polar surface area (TPSA) is 52.2 Å². The predicted molar refractivity (Wildman–Crippen MR) is 152 cm³/mol. The van der Waals surface area contributed by atoms with Crippen LogP contribution in [0.3, 0.4) is 0 Å². The minimum Gasteiger partial charge on any atom is -0.455 e. The Bertz CT molecular complexity index is 2180. The molecule has 7 aromatic rings. The van der Waals surface area contributed by atoms with Crippen LogP contribution in [0.2, 0.25) is 0 Å². The van der Waals surface area contributed by atoms with Gasteiger partial charge in [-0.25, -0.2) is 12.4 Å². The molecule has 0 aliphatic rings. The lowest BCUT2D eigenvalue weighted by Crippen LogP contribution is -2.13. The van der Waals surface area contributed by atoms with Crippen molar-refractivity contribution in [1.29, 1.82) is 0 Å². The number of aromatic nitrogens is 1. The van der Waals surface area contributed by atoms with Crippen LogP contribution < -0.4 is 0 Å². The summed E-state index contributed by atoms with van der Waals surface area (Å²) in [5.41, 5.74) is 7.26. The Hall–Kier alpha value is -4.09. The van der Waals surface area contributed by atoms with Crippen molar-refractivity contribution in [2.45, 2.75) is 32.6 Å². The highest BCUT2D eigenvalue weighted by atomic mass is 32.2. The Labute approximate surface area is 214 Å². The minimum atomic E-state index is -3.91. The Balaban J connectivity index is 1.84. The van der Waals surface area contributed by atoms with Crippen LogP contribution in [0, 0.1) is 27.7 Å². The van der Waals surface area contributed by atoms with E-state index in [2.05, 4.69) is 38.1 Å². The lowest BCUT2D eigenvalue weighted by molar-refractivity contribution is 0.590. The molecule has 0 unspecified atom stereocenters. The maximum atomic E-state index is 14.4. The first-order chi connectivity index (χ1) is 17.8. The quantitative estimate of drug-likeness (QED) is 0.238. The van der Waals surface area contributed by atoms with Gasteiger partial charge in [-0.3, -0.25) is 0 Å². The van der Waals surface area contributed by atoms with Crippen molar-refractivity contribution in [3.05, 3.63) is 101 Å². The molecule has 0 radical (unpaired) electrons. The van der Waals surface area contributed by atoms with Gasteiger partial charge in [0.1, 0.15) is 11.2 Å². The van der Waals surface area contributed by atoms with Crippen molar-refractivity contribution < 1.29 is 12.8 Å². The van der Waals surface area contributed by atoms with Gasteiger partial charge in [0.15, 0.2) is 0 Å². The summed E-state index contributed by atoms with van der Waals surface area (Å²) in [5, 5.41) is 5.54. The number of para-hydroxylation sites is 1. The van der Waals surface area contributed by atoms with Crippen LogP contribution in [-0.4, -0.2) is 12.4 Å². The van der Waals surface area contributed by atoms with E-state index in [1.165, 1.54) is 0 Å². The maximum Gasteiger partial charge on any atom is 0.268 e. The normalized spacial score (nSPS) is 12.5. The molecule has 182 valence electrons. The van der Waals surface area contributed by atoms with Crippen LogP contribution in [-0.2, 0) is 10.0 Å². The number of nitrogens with zero attached hydrogens (tertiary/aromatic N) is 1. The molecule has 0 saturated carbocycles. The molecular weight excluding hydrogens is 478 g/mol. The molecule has 0 fully saturated rings. The van der Waals surface area contributed by atoms with Crippen molar-refractivity contribution in [1.82, 2.24) is 3.97 Å². The Kier molecular flexibility index (Phi) is 4.47. The Morgan fingerprint density at radius 1 is 0.649 bits per heavy atom. The summed E-state index contributed by atoms with van der Waals surface area (Å²) < 4.78 is 36.8. The molecule has 0 atom stereocenters. The van der Waals surface area contributed by atoms with Crippen molar-refractivity contribution in [3.63, 3.8) is 0 Å². The van der Waals surface area contributed by atoms with Gasteiger partial charge in [-0.2, -0.15) is 0 Å².